The zero-order valence-corrected chi connectivity index (χ0v) is 18.4. The van der Waals surface area contributed by atoms with Crippen LogP contribution in [-0.4, -0.2) is 63.3 Å². The number of benzene rings is 2. The Balaban J connectivity index is 1.45. The summed E-state index contributed by atoms with van der Waals surface area (Å²) in [5, 5.41) is 0. The minimum atomic E-state index is -0.791. The molecule has 1 saturated heterocycles. The summed E-state index contributed by atoms with van der Waals surface area (Å²) in [5.41, 5.74) is 2.09. The SMILES string of the molecule is COc1ccc(CCC(=O)O[C@H](C)C(=O)N2CCN(c3ccccc3)CC2)cc1OC. The zero-order chi connectivity index (χ0) is 22.2. The maximum Gasteiger partial charge on any atom is 0.306 e. The van der Waals surface area contributed by atoms with Crippen LogP contribution in [0.4, 0.5) is 5.69 Å². The topological polar surface area (TPSA) is 68.3 Å². The third-order valence-electron chi connectivity index (χ3n) is 5.43. The first kappa shape index (κ1) is 22.5. The van der Waals surface area contributed by atoms with Gasteiger partial charge in [0, 0.05) is 38.3 Å². The number of hydrogen-bond acceptors (Lipinski definition) is 6. The van der Waals surface area contributed by atoms with Crippen LogP contribution < -0.4 is 14.4 Å². The lowest BCUT2D eigenvalue weighted by Gasteiger charge is -2.37. The number of amides is 1. The molecule has 166 valence electrons. The quantitative estimate of drug-likeness (QED) is 0.605. The van der Waals surface area contributed by atoms with Gasteiger partial charge in [0.15, 0.2) is 17.6 Å². The van der Waals surface area contributed by atoms with Gasteiger partial charge in [-0.2, -0.15) is 0 Å². The Morgan fingerprint density at radius 2 is 1.61 bits per heavy atom. The molecule has 0 radical (unpaired) electrons. The molecular formula is C24H30N2O5. The second-order valence-electron chi connectivity index (χ2n) is 7.47. The van der Waals surface area contributed by atoms with Gasteiger partial charge in [-0.3, -0.25) is 9.59 Å². The Bertz CT molecular complexity index is 879. The molecule has 0 aliphatic carbocycles. The van der Waals surface area contributed by atoms with Gasteiger partial charge in [0.25, 0.3) is 5.91 Å². The summed E-state index contributed by atoms with van der Waals surface area (Å²) in [4.78, 5) is 29.0. The first-order valence-electron chi connectivity index (χ1n) is 10.5. The van der Waals surface area contributed by atoms with E-state index in [1.54, 1.807) is 32.1 Å². The van der Waals surface area contributed by atoms with Gasteiger partial charge in [-0.25, -0.2) is 0 Å². The number of para-hydroxylation sites is 1. The van der Waals surface area contributed by atoms with Crippen LogP contribution in [0.2, 0.25) is 0 Å². The lowest BCUT2D eigenvalue weighted by Crippen LogP contribution is -2.51. The number of esters is 1. The van der Waals surface area contributed by atoms with Crippen LogP contribution in [0.3, 0.4) is 0 Å². The molecule has 0 N–H and O–H groups in total. The minimum Gasteiger partial charge on any atom is -0.493 e. The second-order valence-corrected chi connectivity index (χ2v) is 7.47. The first-order valence-corrected chi connectivity index (χ1v) is 10.5. The molecule has 1 heterocycles. The third-order valence-corrected chi connectivity index (χ3v) is 5.43. The van der Waals surface area contributed by atoms with Crippen LogP contribution >= 0.6 is 0 Å². The maximum absolute atomic E-state index is 12.7. The van der Waals surface area contributed by atoms with Gasteiger partial charge >= 0.3 is 5.97 Å². The monoisotopic (exact) mass is 426 g/mol. The second kappa shape index (κ2) is 10.7. The van der Waals surface area contributed by atoms with Crippen LogP contribution in [0, 0.1) is 0 Å². The van der Waals surface area contributed by atoms with Gasteiger partial charge in [-0.15, -0.1) is 0 Å². The van der Waals surface area contributed by atoms with Crippen molar-refractivity contribution in [3.05, 3.63) is 54.1 Å². The van der Waals surface area contributed by atoms with E-state index in [9.17, 15) is 9.59 Å². The van der Waals surface area contributed by atoms with Gasteiger partial charge in [0.2, 0.25) is 0 Å². The Morgan fingerprint density at radius 1 is 0.935 bits per heavy atom. The predicted molar refractivity (Wildman–Crippen MR) is 119 cm³/mol. The summed E-state index contributed by atoms with van der Waals surface area (Å²) >= 11 is 0. The molecule has 3 rings (SSSR count). The van der Waals surface area contributed by atoms with Crippen LogP contribution in [0.25, 0.3) is 0 Å². The number of piperazine rings is 1. The van der Waals surface area contributed by atoms with E-state index in [-0.39, 0.29) is 12.3 Å². The molecule has 7 nitrogen and oxygen atoms in total. The van der Waals surface area contributed by atoms with Gasteiger partial charge in [0.1, 0.15) is 0 Å². The molecule has 0 aromatic heterocycles. The average Bonchev–Trinajstić information content (AvgIpc) is 2.82. The van der Waals surface area contributed by atoms with Crippen LogP contribution in [-0.2, 0) is 20.7 Å². The van der Waals surface area contributed by atoms with Gasteiger partial charge in [-0.1, -0.05) is 24.3 Å². The standard InChI is InChI=1S/C24H30N2O5/c1-18(24(28)26-15-13-25(14-16-26)20-7-5-4-6-8-20)31-23(27)12-10-19-9-11-21(29-2)22(17-19)30-3/h4-9,11,17-18H,10,12-16H2,1-3H3/t18-/m1/s1. The van der Waals surface area contributed by atoms with Crippen LogP contribution in [0.15, 0.2) is 48.5 Å². The number of carbonyl (C=O) groups is 2. The van der Waals surface area contributed by atoms with Crippen LogP contribution in [0.5, 0.6) is 11.5 Å². The maximum atomic E-state index is 12.7. The van der Waals surface area contributed by atoms with Crippen molar-refractivity contribution in [2.75, 3.05) is 45.3 Å². The summed E-state index contributed by atoms with van der Waals surface area (Å²) in [6.45, 7) is 4.38. The fourth-order valence-corrected chi connectivity index (χ4v) is 3.67. The summed E-state index contributed by atoms with van der Waals surface area (Å²) in [6.07, 6.45) is -0.105. The Kier molecular flexibility index (Phi) is 7.76. The molecule has 0 saturated carbocycles. The highest BCUT2D eigenvalue weighted by Crippen LogP contribution is 2.28. The summed E-state index contributed by atoms with van der Waals surface area (Å²) in [6, 6.07) is 15.7. The van der Waals surface area contributed by atoms with E-state index in [4.69, 9.17) is 14.2 Å². The molecular weight excluding hydrogens is 396 g/mol. The van der Waals surface area contributed by atoms with Gasteiger partial charge < -0.3 is 24.0 Å². The molecule has 2 aromatic carbocycles. The number of methoxy groups -OCH3 is 2. The zero-order valence-electron chi connectivity index (χ0n) is 18.4. The Labute approximate surface area is 183 Å². The van der Waals surface area contributed by atoms with Crippen molar-refractivity contribution < 1.29 is 23.8 Å². The number of rotatable bonds is 8. The van der Waals surface area contributed by atoms with Crippen molar-refractivity contribution in [2.45, 2.75) is 25.9 Å². The number of ether oxygens (including phenoxy) is 3. The fraction of sp³-hybridized carbons (Fsp3) is 0.417. The van der Waals surface area contributed by atoms with Crippen molar-refractivity contribution in [1.29, 1.82) is 0 Å². The highest BCUT2D eigenvalue weighted by Gasteiger charge is 2.27. The van der Waals surface area contributed by atoms with E-state index in [1.807, 2.05) is 30.3 Å². The minimum absolute atomic E-state index is 0.146. The molecule has 0 bridgehead atoms. The fourth-order valence-electron chi connectivity index (χ4n) is 3.67. The predicted octanol–water partition coefficient (Wildman–Crippen LogP) is 2.92. The van der Waals surface area contributed by atoms with Crippen molar-refractivity contribution in [3.63, 3.8) is 0 Å². The normalized spacial score (nSPS) is 14.7. The third kappa shape index (κ3) is 5.90. The van der Waals surface area contributed by atoms with Gasteiger partial charge in [-0.05, 0) is 43.2 Å². The molecule has 7 heteroatoms. The van der Waals surface area contributed by atoms with Crippen molar-refractivity contribution in [2.24, 2.45) is 0 Å². The van der Waals surface area contributed by atoms with E-state index in [1.165, 1.54) is 0 Å². The molecule has 0 unspecified atom stereocenters. The van der Waals surface area contributed by atoms with Crippen molar-refractivity contribution in [1.82, 2.24) is 4.90 Å². The number of aryl methyl sites for hydroxylation is 1. The first-order chi connectivity index (χ1) is 15.0. The molecule has 0 spiro atoms. The highest BCUT2D eigenvalue weighted by atomic mass is 16.5. The molecule has 1 atom stereocenters. The van der Waals surface area contributed by atoms with Gasteiger partial charge in [0.05, 0.1) is 14.2 Å². The Hall–Kier alpha value is -3.22. The summed E-state index contributed by atoms with van der Waals surface area (Å²) in [7, 11) is 3.15. The number of anilines is 1. The molecule has 1 amide bonds. The summed E-state index contributed by atoms with van der Waals surface area (Å²) in [5.74, 6) is 0.720. The number of nitrogens with zero attached hydrogens (tertiary/aromatic N) is 2. The molecule has 2 aromatic rings. The molecule has 1 aliphatic rings. The lowest BCUT2D eigenvalue weighted by molar-refractivity contribution is -0.159. The van der Waals surface area contributed by atoms with E-state index in [2.05, 4.69) is 17.0 Å². The smallest absolute Gasteiger partial charge is 0.306 e. The Morgan fingerprint density at radius 3 is 2.26 bits per heavy atom. The number of carbonyl (C=O) groups excluding carboxylic acids is 2. The molecule has 31 heavy (non-hydrogen) atoms. The van der Waals surface area contributed by atoms with Crippen LogP contribution in [0.1, 0.15) is 18.9 Å². The number of hydrogen-bond donors (Lipinski definition) is 0. The van der Waals surface area contributed by atoms with Crippen molar-refractivity contribution >= 4 is 17.6 Å². The van der Waals surface area contributed by atoms with E-state index >= 15 is 0 Å². The molecule has 1 aliphatic heterocycles. The lowest BCUT2D eigenvalue weighted by atomic mass is 10.1. The van der Waals surface area contributed by atoms with E-state index in [0.29, 0.717) is 31.0 Å². The van der Waals surface area contributed by atoms with E-state index in [0.717, 1.165) is 24.3 Å². The average molecular weight is 427 g/mol. The van der Waals surface area contributed by atoms with E-state index < -0.39 is 12.1 Å². The largest absolute Gasteiger partial charge is 0.493 e. The summed E-state index contributed by atoms with van der Waals surface area (Å²) < 4.78 is 15.9. The highest BCUT2D eigenvalue weighted by molar-refractivity contribution is 5.83. The molecule has 1 fully saturated rings. The van der Waals surface area contributed by atoms with Crippen molar-refractivity contribution in [3.8, 4) is 11.5 Å².